The van der Waals surface area contributed by atoms with Crippen LogP contribution in [0.3, 0.4) is 0 Å². The molecule has 7 heteroatoms. The lowest BCUT2D eigenvalue weighted by Crippen LogP contribution is -1.97. The second-order valence-electron chi connectivity index (χ2n) is 4.01. The summed E-state index contributed by atoms with van der Waals surface area (Å²) >= 11 is 11.0. The molecule has 0 atom stereocenters. The molecule has 0 saturated heterocycles. The summed E-state index contributed by atoms with van der Waals surface area (Å²) in [6.45, 7) is 0.712. The van der Waals surface area contributed by atoms with Gasteiger partial charge in [0.25, 0.3) is 0 Å². The molecule has 0 radical (unpaired) electrons. The quantitative estimate of drug-likeness (QED) is 0.715. The molecule has 0 unspecified atom stereocenters. The zero-order valence-electron chi connectivity index (χ0n) is 10.1. The molecule has 4 nitrogen and oxygen atoms in total. The molecule has 1 aromatic carbocycles. The van der Waals surface area contributed by atoms with Gasteiger partial charge in [-0.3, -0.25) is 0 Å². The summed E-state index contributed by atoms with van der Waals surface area (Å²) in [7, 11) is 0. The van der Waals surface area contributed by atoms with E-state index in [4.69, 9.17) is 16.0 Å². The maximum atomic E-state index is 6.02. The van der Waals surface area contributed by atoms with Gasteiger partial charge in [0.15, 0.2) is 0 Å². The van der Waals surface area contributed by atoms with Crippen molar-refractivity contribution in [1.29, 1.82) is 0 Å². The summed E-state index contributed by atoms with van der Waals surface area (Å²) in [6, 6.07) is 9.85. The van der Waals surface area contributed by atoms with E-state index in [-0.39, 0.29) is 0 Å². The molecule has 2 heterocycles. The number of benzene rings is 1. The lowest BCUT2D eigenvalue weighted by atomic mass is 10.2. The Morgan fingerprint density at radius 1 is 1.35 bits per heavy atom. The number of nitrogens with zero attached hydrogens (tertiary/aromatic N) is 2. The molecule has 0 amide bonds. The van der Waals surface area contributed by atoms with Gasteiger partial charge in [0.2, 0.25) is 12.3 Å². The normalized spacial score (nSPS) is 10.7. The van der Waals surface area contributed by atoms with Crippen LogP contribution in [-0.2, 0) is 6.54 Å². The Kier molecular flexibility index (Phi) is 4.05. The molecule has 0 aliphatic carbocycles. The Bertz CT molecular complexity index is 695. The van der Waals surface area contributed by atoms with Gasteiger partial charge in [0, 0.05) is 27.1 Å². The van der Waals surface area contributed by atoms with Gasteiger partial charge in [-0.2, -0.15) is 0 Å². The first-order valence-electron chi connectivity index (χ1n) is 5.76. The van der Waals surface area contributed by atoms with Gasteiger partial charge >= 0.3 is 0 Å². The van der Waals surface area contributed by atoms with Gasteiger partial charge in [-0.05, 0) is 40.2 Å². The fourth-order valence-corrected chi connectivity index (χ4v) is 3.46. The summed E-state index contributed by atoms with van der Waals surface area (Å²) in [4.78, 5) is 1.16. The van der Waals surface area contributed by atoms with Crippen molar-refractivity contribution in [1.82, 2.24) is 10.2 Å². The van der Waals surface area contributed by atoms with Gasteiger partial charge < -0.3 is 9.73 Å². The number of thiophene rings is 1. The largest absolute Gasteiger partial charge is 0.423 e. The van der Waals surface area contributed by atoms with Crippen LogP contribution >= 0.6 is 38.9 Å². The monoisotopic (exact) mass is 369 g/mol. The highest BCUT2D eigenvalue weighted by molar-refractivity contribution is 9.10. The van der Waals surface area contributed by atoms with Crippen molar-refractivity contribution in [3.05, 3.63) is 50.4 Å². The maximum Gasteiger partial charge on any atom is 0.247 e. The van der Waals surface area contributed by atoms with E-state index in [2.05, 4.69) is 31.4 Å². The molecule has 3 aromatic rings. The van der Waals surface area contributed by atoms with Gasteiger partial charge in [-0.15, -0.1) is 21.5 Å². The Balaban J connectivity index is 1.73. The molecule has 2 aromatic heterocycles. The van der Waals surface area contributed by atoms with Crippen molar-refractivity contribution in [2.24, 2.45) is 0 Å². The highest BCUT2D eigenvalue weighted by atomic mass is 79.9. The molecule has 0 fully saturated rings. The SMILES string of the molecule is Clc1sc(CNc2cccc(-c3nnco3)c2)cc1Br. The van der Waals surface area contributed by atoms with Gasteiger partial charge in [0.1, 0.15) is 4.34 Å². The number of aromatic nitrogens is 2. The number of anilines is 1. The summed E-state index contributed by atoms with van der Waals surface area (Å²) in [5.41, 5.74) is 1.87. The molecule has 0 spiro atoms. The fourth-order valence-electron chi connectivity index (χ4n) is 1.73. The van der Waals surface area contributed by atoms with Crippen LogP contribution in [0.2, 0.25) is 4.34 Å². The van der Waals surface area contributed by atoms with Crippen LogP contribution in [0.5, 0.6) is 0 Å². The lowest BCUT2D eigenvalue weighted by Gasteiger charge is -2.05. The van der Waals surface area contributed by atoms with Crippen molar-refractivity contribution in [2.45, 2.75) is 6.54 Å². The summed E-state index contributed by atoms with van der Waals surface area (Å²) in [6.07, 6.45) is 1.32. The number of halogens is 2. The van der Waals surface area contributed by atoms with E-state index in [1.54, 1.807) is 11.3 Å². The van der Waals surface area contributed by atoms with Gasteiger partial charge in [-0.25, -0.2) is 0 Å². The van der Waals surface area contributed by atoms with Crippen LogP contribution < -0.4 is 5.32 Å². The van der Waals surface area contributed by atoms with E-state index in [1.165, 1.54) is 6.39 Å². The third kappa shape index (κ3) is 3.03. The van der Waals surface area contributed by atoms with E-state index in [9.17, 15) is 0 Å². The van der Waals surface area contributed by atoms with E-state index in [1.807, 2.05) is 30.3 Å². The highest BCUT2D eigenvalue weighted by Gasteiger charge is 2.06. The first kappa shape index (κ1) is 13.6. The number of hydrogen-bond acceptors (Lipinski definition) is 5. The molecule has 102 valence electrons. The van der Waals surface area contributed by atoms with E-state index >= 15 is 0 Å². The molecule has 20 heavy (non-hydrogen) atoms. The third-order valence-corrected chi connectivity index (χ3v) is 5.11. The molecular weight excluding hydrogens is 362 g/mol. The smallest absolute Gasteiger partial charge is 0.247 e. The summed E-state index contributed by atoms with van der Waals surface area (Å²) in [5.74, 6) is 0.510. The Morgan fingerprint density at radius 3 is 2.95 bits per heavy atom. The Morgan fingerprint density at radius 2 is 2.25 bits per heavy atom. The molecule has 0 bridgehead atoms. The molecule has 0 saturated carbocycles. The predicted molar refractivity (Wildman–Crippen MR) is 84.1 cm³/mol. The van der Waals surface area contributed by atoms with Crippen LogP contribution in [0.1, 0.15) is 4.88 Å². The molecule has 0 aliphatic heterocycles. The van der Waals surface area contributed by atoms with Crippen LogP contribution in [0.15, 0.2) is 45.6 Å². The summed E-state index contributed by atoms with van der Waals surface area (Å²) in [5, 5.41) is 10.9. The van der Waals surface area contributed by atoms with E-state index in [0.717, 1.165) is 24.9 Å². The second kappa shape index (κ2) is 5.95. The lowest BCUT2D eigenvalue weighted by molar-refractivity contribution is 0.568. The van der Waals surface area contributed by atoms with Crippen LogP contribution in [0.4, 0.5) is 5.69 Å². The van der Waals surface area contributed by atoms with Crippen LogP contribution in [0.25, 0.3) is 11.5 Å². The van der Waals surface area contributed by atoms with Gasteiger partial charge in [-0.1, -0.05) is 17.7 Å². The zero-order valence-corrected chi connectivity index (χ0v) is 13.3. The topological polar surface area (TPSA) is 51.0 Å². The minimum atomic E-state index is 0.510. The number of nitrogens with one attached hydrogen (secondary N) is 1. The average molecular weight is 371 g/mol. The first-order chi connectivity index (χ1) is 9.72. The van der Waals surface area contributed by atoms with Crippen molar-refractivity contribution in [2.75, 3.05) is 5.32 Å². The van der Waals surface area contributed by atoms with Gasteiger partial charge in [0.05, 0.1) is 0 Å². The van der Waals surface area contributed by atoms with Crippen molar-refractivity contribution in [3.8, 4) is 11.5 Å². The zero-order chi connectivity index (χ0) is 13.9. The second-order valence-corrected chi connectivity index (χ2v) is 6.61. The molecule has 1 N–H and O–H groups in total. The van der Waals surface area contributed by atoms with Crippen molar-refractivity contribution in [3.63, 3.8) is 0 Å². The highest BCUT2D eigenvalue weighted by Crippen LogP contribution is 2.32. The minimum absolute atomic E-state index is 0.510. The standard InChI is InChI=1S/C13H9BrClN3OS/c14-11-5-10(20-12(11)15)6-16-9-3-1-2-8(4-9)13-18-17-7-19-13/h1-5,7,16H,6H2. The Labute approximate surface area is 132 Å². The van der Waals surface area contributed by atoms with E-state index < -0.39 is 0 Å². The van der Waals surface area contributed by atoms with Crippen molar-refractivity contribution >= 4 is 44.6 Å². The Hall–Kier alpha value is -1.37. The number of hydrogen-bond donors (Lipinski definition) is 1. The predicted octanol–water partition coefficient (Wildman–Crippen LogP) is 4.83. The maximum absolute atomic E-state index is 6.02. The first-order valence-corrected chi connectivity index (χ1v) is 7.75. The molecule has 0 aliphatic rings. The fraction of sp³-hybridized carbons (Fsp3) is 0.0769. The summed E-state index contributed by atoms with van der Waals surface area (Å²) < 4.78 is 6.88. The van der Waals surface area contributed by atoms with Crippen LogP contribution in [0, 0.1) is 0 Å². The average Bonchev–Trinajstić information content (AvgIpc) is 3.08. The van der Waals surface area contributed by atoms with E-state index in [0.29, 0.717) is 12.4 Å². The molecular formula is C13H9BrClN3OS. The van der Waals surface area contributed by atoms with Crippen molar-refractivity contribution < 1.29 is 4.42 Å². The number of rotatable bonds is 4. The minimum Gasteiger partial charge on any atom is -0.423 e. The third-order valence-electron chi connectivity index (χ3n) is 2.63. The van der Waals surface area contributed by atoms with Crippen LogP contribution in [-0.4, -0.2) is 10.2 Å². The molecule has 3 rings (SSSR count).